The van der Waals surface area contributed by atoms with Crippen molar-refractivity contribution in [1.29, 1.82) is 0 Å². The summed E-state index contributed by atoms with van der Waals surface area (Å²) in [6.07, 6.45) is 16.4. The summed E-state index contributed by atoms with van der Waals surface area (Å²) in [5.41, 5.74) is 38.1. The number of benzene rings is 6. The summed E-state index contributed by atoms with van der Waals surface area (Å²) in [5, 5.41) is 0. The van der Waals surface area contributed by atoms with Crippen LogP contribution in [0.3, 0.4) is 0 Å². The molecule has 3 heteroatoms. The minimum atomic E-state index is -2.00. The molecule has 0 amide bonds. The number of hydrogen-bond donors (Lipinski definition) is 0. The molecular weight excluding hydrogens is 860 g/mol. The number of fused-ring (bicyclic) bond motifs is 4. The van der Waals surface area contributed by atoms with Crippen LogP contribution in [-0.4, -0.2) is 20.1 Å². The molecule has 1 saturated heterocycles. The SMILES string of the molecule is CC1=Cc2c(-c3cc(C)cc(C)c3)c3c(c(-c4cc(C)cc(C)c4)c2C1[Si](C)(C)Cl)CCC3.CC1=Cc2c(c(-c3cc(C)cc(C)c3)c3c(c2-c2cc(C)cc(C)c2)CCC3)C1.CC1CCCO1. The fourth-order valence-electron chi connectivity index (χ4n) is 13.2. The lowest BCUT2D eigenvalue weighted by Crippen LogP contribution is -2.29. The number of halogens is 1. The first kappa shape index (κ1) is 48.3. The van der Waals surface area contributed by atoms with Gasteiger partial charge in [-0.05, 0) is 223 Å². The van der Waals surface area contributed by atoms with Crippen LogP contribution >= 0.6 is 11.1 Å². The Kier molecular flexibility index (Phi) is 13.7. The third-order valence-electron chi connectivity index (χ3n) is 15.2. The summed E-state index contributed by atoms with van der Waals surface area (Å²) in [5.74, 6) is 0. The van der Waals surface area contributed by atoms with E-state index in [1.807, 2.05) is 0 Å². The molecule has 0 aromatic heterocycles. The van der Waals surface area contributed by atoms with Crippen LogP contribution in [0.25, 0.3) is 56.7 Å². The molecule has 5 aliphatic rings. The number of aryl methyl sites for hydroxylation is 8. The molecule has 2 unspecified atom stereocenters. The van der Waals surface area contributed by atoms with Crippen LogP contribution < -0.4 is 0 Å². The number of allylic oxidation sites excluding steroid dienone is 2. The maximum Gasteiger partial charge on any atom is 0.161 e. The summed E-state index contributed by atoms with van der Waals surface area (Å²) in [6.45, 7) is 30.1. The highest BCUT2D eigenvalue weighted by Gasteiger charge is 2.42. The third-order valence-corrected chi connectivity index (χ3v) is 18.0. The van der Waals surface area contributed by atoms with E-state index in [4.69, 9.17) is 15.8 Å². The maximum absolute atomic E-state index is 7.28. The van der Waals surface area contributed by atoms with Gasteiger partial charge in [-0.1, -0.05) is 154 Å². The van der Waals surface area contributed by atoms with Crippen molar-refractivity contribution in [1.82, 2.24) is 0 Å². The quantitative estimate of drug-likeness (QED) is 0.124. The Morgan fingerprint density at radius 3 is 1.22 bits per heavy atom. The van der Waals surface area contributed by atoms with Gasteiger partial charge < -0.3 is 4.74 Å². The second-order valence-corrected chi connectivity index (χ2v) is 28.9. The fourth-order valence-corrected chi connectivity index (χ4v) is 16.2. The summed E-state index contributed by atoms with van der Waals surface area (Å²) < 4.78 is 5.15. The van der Waals surface area contributed by atoms with Gasteiger partial charge in [0, 0.05) is 12.1 Å². The van der Waals surface area contributed by atoms with Crippen molar-refractivity contribution in [2.45, 2.75) is 159 Å². The van der Waals surface area contributed by atoms with Crippen molar-refractivity contribution in [3.05, 3.63) is 173 Å². The lowest BCUT2D eigenvalue weighted by atomic mass is 9.82. The Bertz CT molecular complexity index is 2950. The Morgan fingerprint density at radius 1 is 0.456 bits per heavy atom. The Labute approximate surface area is 415 Å². The van der Waals surface area contributed by atoms with Crippen molar-refractivity contribution in [2.24, 2.45) is 0 Å². The van der Waals surface area contributed by atoms with E-state index in [0.717, 1.165) is 13.0 Å². The van der Waals surface area contributed by atoms with Gasteiger partial charge in [-0.2, -0.15) is 11.1 Å². The van der Waals surface area contributed by atoms with E-state index in [2.05, 4.69) is 174 Å². The zero-order valence-corrected chi connectivity index (χ0v) is 45.4. The number of hydrogen-bond acceptors (Lipinski definition) is 1. The molecule has 4 aliphatic carbocycles. The number of rotatable bonds is 5. The first-order chi connectivity index (χ1) is 32.3. The molecule has 0 radical (unpaired) electrons. The van der Waals surface area contributed by atoms with Crippen molar-refractivity contribution in [2.75, 3.05) is 6.61 Å². The van der Waals surface area contributed by atoms with Gasteiger partial charge in [-0.25, -0.2) is 0 Å². The average Bonchev–Trinajstić information content (AvgIpc) is 4.09. The van der Waals surface area contributed by atoms with E-state index in [1.165, 1.54) is 163 Å². The molecule has 68 heavy (non-hydrogen) atoms. The molecule has 0 N–H and O–H groups in total. The Morgan fingerprint density at radius 2 is 0.838 bits per heavy atom. The van der Waals surface area contributed by atoms with Gasteiger partial charge in [0.05, 0.1) is 6.10 Å². The van der Waals surface area contributed by atoms with Crippen molar-refractivity contribution in [3.8, 4) is 44.5 Å². The predicted octanol–water partition coefficient (Wildman–Crippen LogP) is 18.1. The molecule has 0 bridgehead atoms. The number of ether oxygens (including phenoxy) is 1. The molecule has 11 rings (SSSR count). The van der Waals surface area contributed by atoms with E-state index < -0.39 is 7.38 Å². The van der Waals surface area contributed by atoms with Crippen LogP contribution in [0.15, 0.2) is 83.9 Å². The minimum Gasteiger partial charge on any atom is -0.379 e. The Balaban J connectivity index is 0.000000152. The molecule has 1 heterocycles. The van der Waals surface area contributed by atoms with Crippen LogP contribution in [0.4, 0.5) is 0 Å². The molecule has 352 valence electrons. The van der Waals surface area contributed by atoms with E-state index in [9.17, 15) is 0 Å². The summed E-state index contributed by atoms with van der Waals surface area (Å²) in [4.78, 5) is 0. The van der Waals surface area contributed by atoms with Gasteiger partial charge in [0.2, 0.25) is 0 Å². The topological polar surface area (TPSA) is 9.23 Å². The first-order valence-corrected chi connectivity index (χ1v) is 29.9. The van der Waals surface area contributed by atoms with Gasteiger partial charge in [-0.15, -0.1) is 0 Å². The molecule has 2 atom stereocenters. The molecule has 6 aromatic carbocycles. The van der Waals surface area contributed by atoms with E-state index in [-0.39, 0.29) is 0 Å². The highest BCUT2D eigenvalue weighted by atomic mass is 35.6. The van der Waals surface area contributed by atoms with Gasteiger partial charge >= 0.3 is 0 Å². The van der Waals surface area contributed by atoms with Gasteiger partial charge in [0.1, 0.15) is 0 Å². The first-order valence-electron chi connectivity index (χ1n) is 25.8. The highest BCUT2D eigenvalue weighted by Crippen LogP contribution is 2.55. The zero-order valence-electron chi connectivity index (χ0n) is 43.6. The van der Waals surface area contributed by atoms with Crippen molar-refractivity contribution >= 4 is 30.6 Å². The third kappa shape index (κ3) is 9.60. The molecule has 0 spiro atoms. The van der Waals surface area contributed by atoms with Crippen LogP contribution in [0.1, 0.15) is 141 Å². The normalized spacial score (nSPS) is 17.7. The fraction of sp³-hybridized carbons (Fsp3) is 0.385. The van der Waals surface area contributed by atoms with E-state index in [1.54, 1.807) is 33.4 Å². The van der Waals surface area contributed by atoms with Gasteiger partial charge in [-0.3, -0.25) is 0 Å². The minimum absolute atomic E-state index is 0.348. The van der Waals surface area contributed by atoms with Gasteiger partial charge in [0.15, 0.2) is 7.38 Å². The van der Waals surface area contributed by atoms with Crippen LogP contribution in [0.5, 0.6) is 0 Å². The standard InChI is InChI=1S/C31H35ClSi.C29H30.C5H10O/c1-18-11-19(2)14-23(13-18)28-25-9-8-10-26(25)29(24-15-20(3)12-21(4)16-24)30-27(28)17-22(5)31(30)33(6,7)32;1-17-9-18(2)12-22(11-17)28-24-7-6-8-25(24)29(27-16-21(5)15-26(27)28)23-13-19(3)10-20(4)14-23;1-5-3-2-4-6-5/h11-17,31H,8-10H2,1-7H3;9-15H,6-8,16H2,1-5H3;5H,2-4H2,1H3. The Hall–Kier alpha value is -4.73. The summed E-state index contributed by atoms with van der Waals surface area (Å²) in [7, 11) is -2.00. The second kappa shape index (κ2) is 19.2. The van der Waals surface area contributed by atoms with E-state index in [0.29, 0.717) is 11.6 Å². The monoisotopic (exact) mass is 935 g/mol. The molecule has 1 fully saturated rings. The molecular formula is C65H75ClOSi. The average molecular weight is 936 g/mol. The van der Waals surface area contributed by atoms with Crippen LogP contribution in [-0.2, 0) is 36.8 Å². The van der Waals surface area contributed by atoms with Crippen molar-refractivity contribution in [3.63, 3.8) is 0 Å². The predicted molar refractivity (Wildman–Crippen MR) is 298 cm³/mol. The smallest absolute Gasteiger partial charge is 0.161 e. The molecule has 1 aliphatic heterocycles. The maximum atomic E-state index is 7.28. The molecule has 0 saturated carbocycles. The molecule has 1 nitrogen and oxygen atoms in total. The van der Waals surface area contributed by atoms with Crippen LogP contribution in [0.2, 0.25) is 13.1 Å². The summed E-state index contributed by atoms with van der Waals surface area (Å²) >= 11 is 7.28. The second-order valence-electron chi connectivity index (χ2n) is 22.2. The zero-order chi connectivity index (χ0) is 48.3. The summed E-state index contributed by atoms with van der Waals surface area (Å²) in [6, 6.07) is 28.3. The van der Waals surface area contributed by atoms with Crippen molar-refractivity contribution < 1.29 is 4.74 Å². The molecule has 6 aromatic rings. The van der Waals surface area contributed by atoms with Crippen LogP contribution in [0, 0.1) is 55.4 Å². The van der Waals surface area contributed by atoms with Gasteiger partial charge in [0.25, 0.3) is 0 Å². The lowest BCUT2D eigenvalue weighted by molar-refractivity contribution is 0.125. The largest absolute Gasteiger partial charge is 0.379 e. The highest BCUT2D eigenvalue weighted by molar-refractivity contribution is 7.20. The lowest BCUT2D eigenvalue weighted by Gasteiger charge is -2.30. The van der Waals surface area contributed by atoms with E-state index >= 15 is 0 Å².